The minimum Gasteiger partial charge on any atom is -0.350 e. The van der Waals surface area contributed by atoms with Crippen LogP contribution < -0.4 is 5.32 Å². The van der Waals surface area contributed by atoms with Crippen molar-refractivity contribution in [2.24, 2.45) is 0 Å². The molecule has 1 aromatic heterocycles. The van der Waals surface area contributed by atoms with Crippen molar-refractivity contribution < 1.29 is 9.59 Å². The Morgan fingerprint density at radius 3 is 2.67 bits per heavy atom. The van der Waals surface area contributed by atoms with Gasteiger partial charge in [0.05, 0.1) is 17.3 Å². The number of carbonyl (C=O) groups is 2. The van der Waals surface area contributed by atoms with Crippen LogP contribution in [-0.2, 0) is 9.59 Å². The quantitative estimate of drug-likeness (QED) is 0.710. The molecule has 1 N–H and O–H groups in total. The molecule has 0 bridgehead atoms. The van der Waals surface area contributed by atoms with Crippen LogP contribution in [0.5, 0.6) is 0 Å². The van der Waals surface area contributed by atoms with Crippen LogP contribution in [0.15, 0.2) is 23.4 Å². The number of nitrogens with zero attached hydrogens (tertiary/aromatic N) is 4. The molecule has 30 heavy (non-hydrogen) atoms. The van der Waals surface area contributed by atoms with Crippen LogP contribution in [0.4, 0.5) is 0 Å². The van der Waals surface area contributed by atoms with Gasteiger partial charge in [-0.15, -0.1) is 22.0 Å². The number of thioether (sulfide) groups is 2. The molecule has 162 valence electrons. The first-order chi connectivity index (χ1) is 14.1. The summed E-state index contributed by atoms with van der Waals surface area (Å²) in [6.07, 6.45) is 0. The number of benzene rings is 1. The summed E-state index contributed by atoms with van der Waals surface area (Å²) in [4.78, 5) is 27.2. The fraction of sp³-hybridized carbons (Fsp3) is 0.524. The maximum Gasteiger partial charge on any atom is 0.244 e. The molecule has 0 saturated carbocycles. The van der Waals surface area contributed by atoms with Crippen LogP contribution in [0.2, 0.25) is 0 Å². The van der Waals surface area contributed by atoms with Crippen LogP contribution in [0.1, 0.15) is 37.7 Å². The minimum atomic E-state index is -0.430. The summed E-state index contributed by atoms with van der Waals surface area (Å²) >= 11 is 2.96. The van der Waals surface area contributed by atoms with E-state index < -0.39 is 6.04 Å². The van der Waals surface area contributed by atoms with Crippen molar-refractivity contribution >= 4 is 35.3 Å². The predicted octanol–water partition coefficient (Wildman–Crippen LogP) is 3.10. The standard InChI is InChI=1S/C21H29N5O2S2/c1-13-7-8-14(2)16(9-13)26-15(3)23-24-20(26)30-11-18(27)25-12-29-10-17(25)19(28)22-21(4,5)6/h7-9,17H,10-12H2,1-6H3,(H,22,28). The highest BCUT2D eigenvalue weighted by atomic mass is 32.2. The molecule has 2 amide bonds. The van der Waals surface area contributed by atoms with E-state index in [0.29, 0.717) is 16.8 Å². The molecule has 1 aliphatic heterocycles. The van der Waals surface area contributed by atoms with Gasteiger partial charge in [0.25, 0.3) is 0 Å². The molecule has 1 saturated heterocycles. The van der Waals surface area contributed by atoms with Crippen molar-refractivity contribution in [1.82, 2.24) is 25.0 Å². The van der Waals surface area contributed by atoms with Gasteiger partial charge in [0.2, 0.25) is 11.8 Å². The lowest BCUT2D eigenvalue weighted by Gasteiger charge is -2.27. The topological polar surface area (TPSA) is 80.1 Å². The summed E-state index contributed by atoms with van der Waals surface area (Å²) in [6.45, 7) is 11.8. The summed E-state index contributed by atoms with van der Waals surface area (Å²) in [5.74, 6) is 1.98. The van der Waals surface area contributed by atoms with E-state index in [1.165, 1.54) is 11.8 Å². The Bertz CT molecular complexity index is 951. The van der Waals surface area contributed by atoms with Gasteiger partial charge < -0.3 is 10.2 Å². The first kappa shape index (κ1) is 22.7. The summed E-state index contributed by atoms with van der Waals surface area (Å²) in [6, 6.07) is 5.81. The maximum atomic E-state index is 12.9. The Morgan fingerprint density at radius 2 is 1.97 bits per heavy atom. The fourth-order valence-corrected chi connectivity index (χ4v) is 5.30. The van der Waals surface area contributed by atoms with Gasteiger partial charge in [0.1, 0.15) is 11.9 Å². The molecule has 0 aliphatic carbocycles. The number of amides is 2. The molecule has 0 radical (unpaired) electrons. The maximum absolute atomic E-state index is 12.9. The molecule has 7 nitrogen and oxygen atoms in total. The van der Waals surface area contributed by atoms with Crippen molar-refractivity contribution in [3.05, 3.63) is 35.2 Å². The lowest BCUT2D eigenvalue weighted by atomic mass is 10.1. The van der Waals surface area contributed by atoms with Gasteiger partial charge in [-0.1, -0.05) is 23.9 Å². The molecule has 3 rings (SSSR count). The van der Waals surface area contributed by atoms with Crippen molar-refractivity contribution in [2.75, 3.05) is 17.4 Å². The Labute approximate surface area is 186 Å². The molecule has 2 heterocycles. The number of carbonyl (C=O) groups excluding carboxylic acids is 2. The van der Waals surface area contributed by atoms with Gasteiger partial charge in [-0.25, -0.2) is 0 Å². The van der Waals surface area contributed by atoms with Crippen LogP contribution in [0.3, 0.4) is 0 Å². The highest BCUT2D eigenvalue weighted by molar-refractivity contribution is 8.00. The van der Waals surface area contributed by atoms with Crippen molar-refractivity contribution in [3.8, 4) is 5.69 Å². The highest BCUT2D eigenvalue weighted by Gasteiger charge is 2.36. The van der Waals surface area contributed by atoms with E-state index >= 15 is 0 Å². The van der Waals surface area contributed by atoms with Gasteiger partial charge >= 0.3 is 0 Å². The SMILES string of the molecule is Cc1ccc(C)c(-n2c(C)nnc2SCC(=O)N2CSCC2C(=O)NC(C)(C)C)c1. The van der Waals surface area contributed by atoms with Gasteiger partial charge in [-0.3, -0.25) is 14.2 Å². The number of hydrogen-bond acceptors (Lipinski definition) is 6. The molecule has 0 spiro atoms. The van der Waals surface area contributed by atoms with Crippen molar-refractivity contribution in [2.45, 2.75) is 58.3 Å². The predicted molar refractivity (Wildman–Crippen MR) is 122 cm³/mol. The number of hydrogen-bond donors (Lipinski definition) is 1. The summed E-state index contributed by atoms with van der Waals surface area (Å²) < 4.78 is 1.99. The van der Waals surface area contributed by atoms with Crippen LogP contribution >= 0.6 is 23.5 Å². The lowest BCUT2D eigenvalue weighted by molar-refractivity contribution is -0.136. The first-order valence-corrected chi connectivity index (χ1v) is 12.0. The van der Waals surface area contributed by atoms with Gasteiger partial charge in [-0.2, -0.15) is 0 Å². The molecular weight excluding hydrogens is 418 g/mol. The monoisotopic (exact) mass is 447 g/mol. The zero-order valence-corrected chi connectivity index (χ0v) is 20.0. The Kier molecular flexibility index (Phi) is 6.81. The third kappa shape index (κ3) is 5.18. The molecule has 1 fully saturated rings. The van der Waals surface area contributed by atoms with E-state index in [2.05, 4.69) is 33.7 Å². The third-order valence-corrected chi connectivity index (χ3v) is 6.65. The Balaban J connectivity index is 1.73. The van der Waals surface area contributed by atoms with Crippen LogP contribution in [0.25, 0.3) is 5.69 Å². The first-order valence-electron chi connectivity index (χ1n) is 9.88. The van der Waals surface area contributed by atoms with Gasteiger partial charge in [-0.05, 0) is 58.7 Å². The second-order valence-corrected chi connectivity index (χ2v) is 10.5. The minimum absolute atomic E-state index is 0.0628. The zero-order chi connectivity index (χ0) is 22.1. The fourth-order valence-electron chi connectivity index (χ4n) is 3.24. The molecule has 2 aromatic rings. The van der Waals surface area contributed by atoms with E-state index in [-0.39, 0.29) is 23.1 Å². The summed E-state index contributed by atoms with van der Waals surface area (Å²) in [5, 5.41) is 12.2. The number of aryl methyl sites for hydroxylation is 3. The van der Waals surface area contributed by atoms with E-state index in [1.807, 2.05) is 46.1 Å². The number of aromatic nitrogens is 3. The Morgan fingerprint density at radius 1 is 1.23 bits per heavy atom. The zero-order valence-electron chi connectivity index (χ0n) is 18.4. The second kappa shape index (κ2) is 9.01. The van der Waals surface area contributed by atoms with E-state index in [1.54, 1.807) is 16.7 Å². The highest BCUT2D eigenvalue weighted by Crippen LogP contribution is 2.27. The molecule has 1 aromatic carbocycles. The van der Waals surface area contributed by atoms with Crippen LogP contribution in [0, 0.1) is 20.8 Å². The van der Waals surface area contributed by atoms with Gasteiger partial charge in [0.15, 0.2) is 5.16 Å². The molecular formula is C21H29N5O2S2. The number of rotatable bonds is 5. The van der Waals surface area contributed by atoms with Crippen molar-refractivity contribution in [3.63, 3.8) is 0 Å². The molecule has 1 aliphatic rings. The molecule has 9 heteroatoms. The molecule has 1 unspecified atom stereocenters. The largest absolute Gasteiger partial charge is 0.350 e. The van der Waals surface area contributed by atoms with Crippen molar-refractivity contribution in [1.29, 1.82) is 0 Å². The summed E-state index contributed by atoms with van der Waals surface area (Å²) in [7, 11) is 0. The second-order valence-electron chi connectivity index (χ2n) is 8.56. The van der Waals surface area contributed by atoms with E-state index in [4.69, 9.17) is 0 Å². The van der Waals surface area contributed by atoms with Gasteiger partial charge in [0, 0.05) is 11.3 Å². The van der Waals surface area contributed by atoms with E-state index in [9.17, 15) is 9.59 Å². The summed E-state index contributed by atoms with van der Waals surface area (Å²) in [5.41, 5.74) is 2.96. The van der Waals surface area contributed by atoms with E-state index in [0.717, 1.165) is 22.6 Å². The normalized spacial score (nSPS) is 16.7. The number of nitrogens with one attached hydrogen (secondary N) is 1. The molecule has 1 atom stereocenters. The Hall–Kier alpha value is -2.00. The van der Waals surface area contributed by atoms with Crippen LogP contribution in [-0.4, -0.2) is 60.4 Å². The lowest BCUT2D eigenvalue weighted by Crippen LogP contribution is -2.52. The average molecular weight is 448 g/mol. The smallest absolute Gasteiger partial charge is 0.244 e. The third-order valence-electron chi connectivity index (χ3n) is 4.73. The average Bonchev–Trinajstić information content (AvgIpc) is 3.27.